The summed E-state index contributed by atoms with van der Waals surface area (Å²) in [5.41, 5.74) is 0.800. The summed E-state index contributed by atoms with van der Waals surface area (Å²) < 4.78 is 0. The SMILES string of the molecule is CCC(NC(C(C)C)C(O)c1ccccc1)C(=O)O. The second-order valence-electron chi connectivity index (χ2n) is 5.09. The molecule has 0 aromatic heterocycles. The zero-order chi connectivity index (χ0) is 14.4. The highest BCUT2D eigenvalue weighted by molar-refractivity contribution is 5.73. The lowest BCUT2D eigenvalue weighted by Crippen LogP contribution is -2.48. The van der Waals surface area contributed by atoms with E-state index >= 15 is 0 Å². The average Bonchev–Trinajstić information content (AvgIpc) is 2.39. The van der Waals surface area contributed by atoms with Gasteiger partial charge in [-0.15, -0.1) is 0 Å². The number of aliphatic hydroxyl groups is 1. The Morgan fingerprint density at radius 2 is 1.84 bits per heavy atom. The monoisotopic (exact) mass is 265 g/mol. The molecule has 4 nitrogen and oxygen atoms in total. The molecule has 4 heteroatoms. The van der Waals surface area contributed by atoms with E-state index in [1.165, 1.54) is 0 Å². The topological polar surface area (TPSA) is 69.6 Å². The number of benzene rings is 1. The van der Waals surface area contributed by atoms with Crippen molar-refractivity contribution < 1.29 is 15.0 Å². The van der Waals surface area contributed by atoms with Gasteiger partial charge < -0.3 is 10.2 Å². The first-order chi connectivity index (χ1) is 8.97. The van der Waals surface area contributed by atoms with Crippen LogP contribution >= 0.6 is 0 Å². The molecule has 106 valence electrons. The molecule has 1 rings (SSSR count). The normalized spacial score (nSPS) is 16.1. The third kappa shape index (κ3) is 4.33. The minimum absolute atomic E-state index is 0.128. The number of carboxylic acid groups (broad SMARTS) is 1. The molecule has 0 amide bonds. The van der Waals surface area contributed by atoms with Crippen molar-refractivity contribution in [2.45, 2.75) is 45.4 Å². The highest BCUT2D eigenvalue weighted by Gasteiger charge is 2.28. The van der Waals surface area contributed by atoms with Crippen molar-refractivity contribution in [1.29, 1.82) is 0 Å². The number of hydrogen-bond acceptors (Lipinski definition) is 3. The van der Waals surface area contributed by atoms with Gasteiger partial charge in [0.15, 0.2) is 0 Å². The Bertz CT molecular complexity index is 392. The van der Waals surface area contributed by atoms with Gasteiger partial charge in [-0.25, -0.2) is 0 Å². The van der Waals surface area contributed by atoms with E-state index in [2.05, 4.69) is 5.32 Å². The number of aliphatic hydroxyl groups excluding tert-OH is 1. The molecule has 3 atom stereocenters. The summed E-state index contributed by atoms with van der Waals surface area (Å²) in [5.74, 6) is -0.753. The largest absolute Gasteiger partial charge is 0.480 e. The highest BCUT2D eigenvalue weighted by atomic mass is 16.4. The molecule has 0 bridgehead atoms. The fraction of sp³-hybridized carbons (Fsp3) is 0.533. The van der Waals surface area contributed by atoms with E-state index in [9.17, 15) is 9.90 Å². The van der Waals surface area contributed by atoms with Crippen LogP contribution in [0.1, 0.15) is 38.9 Å². The maximum Gasteiger partial charge on any atom is 0.320 e. The van der Waals surface area contributed by atoms with Gasteiger partial charge in [-0.1, -0.05) is 51.1 Å². The van der Waals surface area contributed by atoms with Crippen molar-refractivity contribution in [1.82, 2.24) is 5.32 Å². The van der Waals surface area contributed by atoms with Gasteiger partial charge in [0.2, 0.25) is 0 Å². The molecule has 0 fully saturated rings. The van der Waals surface area contributed by atoms with Crippen LogP contribution in [0, 0.1) is 5.92 Å². The maximum atomic E-state index is 11.1. The minimum atomic E-state index is -0.881. The second-order valence-corrected chi connectivity index (χ2v) is 5.09. The summed E-state index contributed by atoms with van der Waals surface area (Å²) >= 11 is 0. The van der Waals surface area contributed by atoms with Crippen LogP contribution in [0.4, 0.5) is 0 Å². The van der Waals surface area contributed by atoms with Crippen LogP contribution in [0.25, 0.3) is 0 Å². The van der Waals surface area contributed by atoms with Crippen molar-refractivity contribution in [3.63, 3.8) is 0 Å². The van der Waals surface area contributed by atoms with E-state index < -0.39 is 18.1 Å². The first-order valence-electron chi connectivity index (χ1n) is 6.69. The van der Waals surface area contributed by atoms with Gasteiger partial charge in [0.05, 0.1) is 6.10 Å². The molecule has 0 heterocycles. The highest BCUT2D eigenvalue weighted by Crippen LogP contribution is 2.22. The summed E-state index contributed by atoms with van der Waals surface area (Å²) in [5, 5.41) is 22.6. The Kier molecular flexibility index (Phi) is 5.99. The Hall–Kier alpha value is -1.39. The first kappa shape index (κ1) is 15.7. The number of carbonyl (C=O) groups is 1. The van der Waals surface area contributed by atoms with Crippen LogP contribution in [0.2, 0.25) is 0 Å². The van der Waals surface area contributed by atoms with Crippen LogP contribution in [-0.2, 0) is 4.79 Å². The molecule has 0 aliphatic heterocycles. The third-order valence-electron chi connectivity index (χ3n) is 3.30. The van der Waals surface area contributed by atoms with Crippen molar-refractivity contribution in [2.75, 3.05) is 0 Å². The van der Waals surface area contributed by atoms with Gasteiger partial charge in [0, 0.05) is 6.04 Å². The zero-order valence-corrected chi connectivity index (χ0v) is 11.7. The van der Waals surface area contributed by atoms with Crippen LogP contribution < -0.4 is 5.32 Å². The Morgan fingerprint density at radius 1 is 1.26 bits per heavy atom. The minimum Gasteiger partial charge on any atom is -0.480 e. The maximum absolute atomic E-state index is 11.1. The molecule has 0 aliphatic rings. The van der Waals surface area contributed by atoms with Crippen LogP contribution in [-0.4, -0.2) is 28.3 Å². The van der Waals surface area contributed by atoms with Crippen molar-refractivity contribution in [3.05, 3.63) is 35.9 Å². The lowest BCUT2D eigenvalue weighted by Gasteiger charge is -2.30. The Balaban J connectivity index is 2.86. The van der Waals surface area contributed by atoms with E-state index in [0.717, 1.165) is 5.56 Å². The third-order valence-corrected chi connectivity index (χ3v) is 3.30. The number of aliphatic carboxylic acids is 1. The van der Waals surface area contributed by atoms with Crippen LogP contribution in [0.3, 0.4) is 0 Å². The van der Waals surface area contributed by atoms with E-state index in [4.69, 9.17) is 5.11 Å². The Morgan fingerprint density at radius 3 is 2.26 bits per heavy atom. The summed E-state index contributed by atoms with van der Waals surface area (Å²) in [6.45, 7) is 5.76. The summed E-state index contributed by atoms with van der Waals surface area (Å²) in [7, 11) is 0. The number of hydrogen-bond donors (Lipinski definition) is 3. The van der Waals surface area contributed by atoms with E-state index in [1.807, 2.05) is 51.1 Å². The molecular weight excluding hydrogens is 242 g/mol. The Labute approximate surface area is 114 Å². The van der Waals surface area contributed by atoms with E-state index in [1.54, 1.807) is 0 Å². The molecule has 3 N–H and O–H groups in total. The summed E-state index contributed by atoms with van der Waals surface area (Å²) in [6, 6.07) is 8.40. The molecule has 0 saturated carbocycles. The predicted molar refractivity (Wildman–Crippen MR) is 74.9 cm³/mol. The number of carboxylic acids is 1. The molecule has 0 aliphatic carbocycles. The summed E-state index contributed by atoms with van der Waals surface area (Å²) in [4.78, 5) is 11.1. The number of rotatable bonds is 7. The van der Waals surface area contributed by atoms with Gasteiger partial charge in [0.25, 0.3) is 0 Å². The second kappa shape index (κ2) is 7.26. The fourth-order valence-electron chi connectivity index (χ4n) is 2.10. The smallest absolute Gasteiger partial charge is 0.320 e. The van der Waals surface area contributed by atoms with Crippen molar-refractivity contribution in [3.8, 4) is 0 Å². The van der Waals surface area contributed by atoms with Crippen molar-refractivity contribution >= 4 is 5.97 Å². The van der Waals surface area contributed by atoms with Gasteiger partial charge in [-0.3, -0.25) is 10.1 Å². The van der Waals surface area contributed by atoms with Gasteiger partial charge >= 0.3 is 5.97 Å². The van der Waals surface area contributed by atoms with Gasteiger partial charge in [-0.05, 0) is 17.9 Å². The molecule has 1 aromatic carbocycles. The van der Waals surface area contributed by atoms with Crippen molar-refractivity contribution in [2.24, 2.45) is 5.92 Å². The zero-order valence-electron chi connectivity index (χ0n) is 11.7. The van der Waals surface area contributed by atoms with Crippen LogP contribution in [0.15, 0.2) is 30.3 Å². The molecule has 19 heavy (non-hydrogen) atoms. The molecule has 3 unspecified atom stereocenters. The molecule has 0 saturated heterocycles. The predicted octanol–water partition coefficient (Wildman–Crippen LogP) is 2.20. The van der Waals surface area contributed by atoms with Gasteiger partial charge in [0.1, 0.15) is 6.04 Å². The fourth-order valence-corrected chi connectivity index (χ4v) is 2.10. The summed E-state index contributed by atoms with van der Waals surface area (Å²) in [6.07, 6.45) is -0.227. The molecular formula is C15H23NO3. The standard InChI is InChI=1S/C15H23NO3/c1-4-12(15(18)19)16-13(10(2)3)14(17)11-8-6-5-7-9-11/h5-10,12-14,16-17H,4H2,1-3H3,(H,18,19). The van der Waals surface area contributed by atoms with E-state index in [-0.39, 0.29) is 12.0 Å². The molecule has 0 radical (unpaired) electrons. The number of nitrogens with one attached hydrogen (secondary N) is 1. The lowest BCUT2D eigenvalue weighted by atomic mass is 9.92. The lowest BCUT2D eigenvalue weighted by molar-refractivity contribution is -0.140. The van der Waals surface area contributed by atoms with Crippen LogP contribution in [0.5, 0.6) is 0 Å². The van der Waals surface area contributed by atoms with E-state index in [0.29, 0.717) is 6.42 Å². The van der Waals surface area contributed by atoms with Gasteiger partial charge in [-0.2, -0.15) is 0 Å². The first-order valence-corrected chi connectivity index (χ1v) is 6.69. The molecule has 0 spiro atoms. The molecule has 1 aromatic rings. The average molecular weight is 265 g/mol. The quantitative estimate of drug-likeness (QED) is 0.707.